The first-order valence-electron chi connectivity index (χ1n) is 17.4. The number of alkyl halides is 3. The van der Waals surface area contributed by atoms with E-state index in [9.17, 15) is 31.6 Å². The highest BCUT2D eigenvalue weighted by molar-refractivity contribution is 7.88. The number of ether oxygens (including phenoxy) is 1. The van der Waals surface area contributed by atoms with E-state index < -0.39 is 28.6 Å². The molecule has 2 aliphatic rings. The van der Waals surface area contributed by atoms with E-state index in [0.29, 0.717) is 49.1 Å². The molecular weight excluding hydrogens is 718 g/mol. The summed E-state index contributed by atoms with van der Waals surface area (Å²) in [5.41, 5.74) is 3.74. The fourth-order valence-corrected chi connectivity index (χ4v) is 9.31. The van der Waals surface area contributed by atoms with E-state index in [4.69, 9.17) is 4.74 Å². The number of thiophene rings is 1. The average Bonchev–Trinajstić information content (AvgIpc) is 3.64. The van der Waals surface area contributed by atoms with Gasteiger partial charge in [-0.05, 0) is 56.9 Å². The van der Waals surface area contributed by atoms with Crippen molar-refractivity contribution >= 4 is 54.3 Å². The maximum Gasteiger partial charge on any atom is 0.393 e. The molecule has 0 amide bonds. The minimum atomic E-state index is -4.50. The number of esters is 1. The number of hydrogen-bond donors (Lipinski definition) is 1. The first-order chi connectivity index (χ1) is 24.7. The minimum Gasteiger partial charge on any atom is -0.462 e. The number of fused-ring (bicyclic) bond motifs is 2. The number of piperazine rings is 1. The molecular formula is C35H43F3N8O4S2. The summed E-state index contributed by atoms with van der Waals surface area (Å²) in [6.45, 7) is 10.9. The summed E-state index contributed by atoms with van der Waals surface area (Å²) in [7, 11) is -3.21. The van der Waals surface area contributed by atoms with Crippen molar-refractivity contribution in [2.45, 2.75) is 71.4 Å². The lowest BCUT2D eigenvalue weighted by atomic mass is 10.0. The summed E-state index contributed by atoms with van der Waals surface area (Å²) in [6.07, 6.45) is -1.70. The van der Waals surface area contributed by atoms with Gasteiger partial charge < -0.3 is 14.6 Å². The van der Waals surface area contributed by atoms with Crippen molar-refractivity contribution in [3.05, 3.63) is 51.8 Å². The third-order valence-corrected chi connectivity index (χ3v) is 12.5. The van der Waals surface area contributed by atoms with Crippen LogP contribution in [-0.4, -0.2) is 113 Å². The van der Waals surface area contributed by atoms with Crippen LogP contribution in [-0.2, 0) is 34.3 Å². The minimum absolute atomic E-state index is 0.0116. The molecule has 280 valence electrons. The molecule has 52 heavy (non-hydrogen) atoms. The molecule has 0 radical (unpaired) electrons. The zero-order chi connectivity index (χ0) is 37.4. The number of nitriles is 1. The van der Waals surface area contributed by atoms with Crippen LogP contribution in [0, 0.1) is 18.3 Å². The number of aromatic nitrogens is 3. The number of carbonyl (C=O) groups excluding carboxylic acids is 1. The monoisotopic (exact) mass is 760 g/mol. The van der Waals surface area contributed by atoms with Gasteiger partial charge in [0.2, 0.25) is 10.0 Å². The van der Waals surface area contributed by atoms with E-state index in [1.807, 2.05) is 6.07 Å². The fraction of sp³-hybridized carbons (Fsp3) is 0.543. The predicted molar refractivity (Wildman–Crippen MR) is 194 cm³/mol. The van der Waals surface area contributed by atoms with Gasteiger partial charge in [0.05, 0.1) is 30.2 Å². The number of rotatable bonds is 11. The van der Waals surface area contributed by atoms with E-state index in [1.165, 1.54) is 16.9 Å². The fourth-order valence-electron chi connectivity index (χ4n) is 7.32. The summed E-state index contributed by atoms with van der Waals surface area (Å²) >= 11 is 0.837. The summed E-state index contributed by atoms with van der Waals surface area (Å²) < 4.78 is 72.9. The first kappa shape index (κ1) is 37.9. The predicted octanol–water partition coefficient (Wildman–Crippen LogP) is 5.15. The molecule has 4 aromatic rings. The van der Waals surface area contributed by atoms with Gasteiger partial charge in [-0.2, -0.15) is 22.7 Å². The molecule has 2 aliphatic heterocycles. The second kappa shape index (κ2) is 15.3. The van der Waals surface area contributed by atoms with Crippen molar-refractivity contribution in [3.63, 3.8) is 0 Å². The van der Waals surface area contributed by atoms with Crippen molar-refractivity contribution in [1.82, 2.24) is 28.6 Å². The molecule has 0 saturated carbocycles. The Hall–Kier alpha value is -3.82. The summed E-state index contributed by atoms with van der Waals surface area (Å²) in [5.74, 6) is -0.481. The Morgan fingerprint density at radius 1 is 1.15 bits per heavy atom. The number of carbonyl (C=O) groups is 1. The van der Waals surface area contributed by atoms with Gasteiger partial charge in [0.15, 0.2) is 0 Å². The molecule has 1 atom stereocenters. The van der Waals surface area contributed by atoms with Crippen LogP contribution in [0.3, 0.4) is 0 Å². The van der Waals surface area contributed by atoms with Crippen LogP contribution < -0.4 is 5.32 Å². The maximum atomic E-state index is 13.4. The normalized spacial score (nSPS) is 17.8. The van der Waals surface area contributed by atoms with E-state index in [1.54, 1.807) is 6.92 Å². The van der Waals surface area contributed by atoms with Gasteiger partial charge in [-0.1, -0.05) is 6.07 Å². The second-order valence-corrected chi connectivity index (χ2v) is 16.7. The molecule has 5 heterocycles. The number of halogens is 3. The Labute approximate surface area is 305 Å². The van der Waals surface area contributed by atoms with Crippen LogP contribution in [0.15, 0.2) is 24.5 Å². The number of nitrogens with one attached hydrogen (secondary N) is 1. The Bertz CT molecular complexity index is 2090. The lowest BCUT2D eigenvalue weighted by Gasteiger charge is -2.37. The van der Waals surface area contributed by atoms with Crippen LogP contribution in [0.4, 0.5) is 19.0 Å². The number of piperidine rings is 1. The third kappa shape index (κ3) is 8.21. The molecule has 1 aromatic carbocycles. The van der Waals surface area contributed by atoms with Crippen molar-refractivity contribution in [1.29, 1.82) is 5.26 Å². The van der Waals surface area contributed by atoms with Crippen molar-refractivity contribution < 1.29 is 31.1 Å². The van der Waals surface area contributed by atoms with E-state index >= 15 is 0 Å². The Kier molecular flexibility index (Phi) is 11.1. The number of hydrogen-bond acceptors (Lipinski definition) is 11. The second-order valence-electron chi connectivity index (χ2n) is 13.6. The molecule has 1 N–H and O–H groups in total. The van der Waals surface area contributed by atoms with Gasteiger partial charge in [-0.25, -0.2) is 23.2 Å². The number of nitrogens with zero attached hydrogens (tertiary/aromatic N) is 7. The quantitative estimate of drug-likeness (QED) is 0.205. The Morgan fingerprint density at radius 3 is 2.50 bits per heavy atom. The number of benzene rings is 1. The van der Waals surface area contributed by atoms with E-state index in [2.05, 4.69) is 61.7 Å². The van der Waals surface area contributed by atoms with Gasteiger partial charge in [-0.15, -0.1) is 11.3 Å². The number of anilines is 1. The standard InChI is InChI=1S/C35H43F3N8O4S2/c1-5-50-34(47)30-29(17-35(36,37)38)51-33-31(30)32(40-21-41-33)42-25-8-10-43(11-9-25)20-24-6-7-28-27(23(24)3)16-26(18-39)46(28)19-22(2)44-12-14-45(15-13-44)52(4,48)49/h6-7,16,21-22,25H,5,8-15,17,19-20H2,1-4H3,(H,40,41,42)/t22-/m0/s1. The summed E-state index contributed by atoms with van der Waals surface area (Å²) in [6, 6.07) is 8.62. The van der Waals surface area contributed by atoms with Crippen LogP contribution in [0.2, 0.25) is 0 Å². The largest absolute Gasteiger partial charge is 0.462 e. The topological polar surface area (TPSA) is 137 Å². The third-order valence-electron chi connectivity index (χ3n) is 10.1. The van der Waals surface area contributed by atoms with Crippen molar-refractivity contribution in [2.24, 2.45) is 0 Å². The number of likely N-dealkylation sites (tertiary alicyclic amines) is 1. The molecule has 17 heteroatoms. The highest BCUT2D eigenvalue weighted by Crippen LogP contribution is 2.38. The van der Waals surface area contributed by atoms with E-state index in [0.717, 1.165) is 65.8 Å². The SMILES string of the molecule is CCOC(=O)c1c(CC(F)(F)F)sc2ncnc(NC3CCN(Cc4ccc5c(cc(C#N)n5C[C@H](C)N5CCN(S(C)(=O)=O)CC5)c4C)CC3)c12. The Balaban J connectivity index is 1.12. The smallest absolute Gasteiger partial charge is 0.393 e. The molecule has 12 nitrogen and oxygen atoms in total. The molecule has 0 aliphatic carbocycles. The number of sulfonamides is 1. The number of aryl methyl sites for hydroxylation is 1. The van der Waals surface area contributed by atoms with Crippen LogP contribution in [0.1, 0.15) is 58.7 Å². The van der Waals surface area contributed by atoms with Gasteiger partial charge in [0, 0.05) is 80.2 Å². The first-order valence-corrected chi connectivity index (χ1v) is 20.0. The van der Waals surface area contributed by atoms with Crippen molar-refractivity contribution in [3.8, 4) is 6.07 Å². The molecule has 6 rings (SSSR count). The van der Waals surface area contributed by atoms with Crippen molar-refractivity contribution in [2.75, 3.05) is 57.4 Å². The Morgan fingerprint density at radius 2 is 1.87 bits per heavy atom. The zero-order valence-corrected chi connectivity index (χ0v) is 31.3. The molecule has 0 spiro atoms. The highest BCUT2D eigenvalue weighted by Gasteiger charge is 2.34. The molecule has 0 unspecified atom stereocenters. The molecule has 3 aromatic heterocycles. The van der Waals surface area contributed by atoms with Crippen LogP contribution in [0.5, 0.6) is 0 Å². The lowest BCUT2D eigenvalue weighted by molar-refractivity contribution is -0.126. The van der Waals surface area contributed by atoms with Gasteiger partial charge in [0.1, 0.15) is 28.7 Å². The van der Waals surface area contributed by atoms with E-state index in [-0.39, 0.29) is 34.5 Å². The maximum absolute atomic E-state index is 13.4. The average molecular weight is 761 g/mol. The van der Waals surface area contributed by atoms with Gasteiger partial charge in [-0.3, -0.25) is 9.80 Å². The van der Waals surface area contributed by atoms with Gasteiger partial charge in [0.25, 0.3) is 0 Å². The lowest BCUT2D eigenvalue weighted by Crippen LogP contribution is -2.51. The van der Waals surface area contributed by atoms with Crippen LogP contribution in [0.25, 0.3) is 21.1 Å². The molecule has 0 bridgehead atoms. The summed E-state index contributed by atoms with van der Waals surface area (Å²) in [4.78, 5) is 26.2. The summed E-state index contributed by atoms with van der Waals surface area (Å²) in [5, 5.41) is 14.7. The van der Waals surface area contributed by atoms with Gasteiger partial charge >= 0.3 is 12.1 Å². The highest BCUT2D eigenvalue weighted by atomic mass is 32.2. The molecule has 2 fully saturated rings. The zero-order valence-electron chi connectivity index (χ0n) is 29.7. The molecule has 2 saturated heterocycles. The van der Waals surface area contributed by atoms with Crippen LogP contribution >= 0.6 is 11.3 Å².